The Kier molecular flexibility index (Phi) is 33.2. The number of hydrogen-bond donors (Lipinski definition) is 0. The summed E-state index contributed by atoms with van der Waals surface area (Å²) in [7, 11) is -12.3. The van der Waals surface area contributed by atoms with E-state index in [1.54, 1.807) is 48.7 Å². The molecular formula is C74H147NO12Si6. The molecule has 544 valence electrons. The number of rotatable bonds is 34. The van der Waals surface area contributed by atoms with Crippen molar-refractivity contribution >= 4 is 62.1 Å². The molecule has 0 N–H and O–H groups in total. The normalized spacial score (nSPS) is 16.5. The third-order valence-electron chi connectivity index (χ3n) is 20.7. The van der Waals surface area contributed by atoms with Crippen molar-refractivity contribution in [2.24, 2.45) is 0 Å². The van der Waals surface area contributed by atoms with Gasteiger partial charge in [-0.05, 0) is 213 Å². The van der Waals surface area contributed by atoms with Crippen molar-refractivity contribution in [2.45, 2.75) is 381 Å². The van der Waals surface area contributed by atoms with Crippen LogP contribution >= 0.6 is 0 Å². The van der Waals surface area contributed by atoms with Gasteiger partial charge < -0.3 is 45.5 Å². The Morgan fingerprint density at radius 2 is 0.753 bits per heavy atom. The van der Waals surface area contributed by atoms with E-state index in [1.165, 1.54) is 0 Å². The molecule has 93 heavy (non-hydrogen) atoms. The summed E-state index contributed by atoms with van der Waals surface area (Å²) in [6, 6.07) is 8.12. The monoisotopic (exact) mass is 1410 g/mol. The van der Waals surface area contributed by atoms with Gasteiger partial charge in [-0.3, -0.25) is 0 Å². The molecule has 0 fully saturated rings. The number of imide groups is 1. The van der Waals surface area contributed by atoms with Crippen LogP contribution in [0.2, 0.25) is 109 Å². The van der Waals surface area contributed by atoms with Crippen molar-refractivity contribution in [3.63, 3.8) is 0 Å². The Labute approximate surface area is 579 Å². The van der Waals surface area contributed by atoms with Gasteiger partial charge in [0, 0.05) is 37.9 Å². The maximum Gasteiger partial charge on any atom is 0.419 e. The van der Waals surface area contributed by atoms with E-state index in [0.717, 1.165) is 29.1 Å². The van der Waals surface area contributed by atoms with E-state index in [0.29, 0.717) is 51.7 Å². The third kappa shape index (κ3) is 31.6. The minimum atomic E-state index is -2.39. The average molecular weight is 1410 g/mol. The Bertz CT molecular complexity index is 2430. The molecule has 0 aliphatic carbocycles. The molecule has 0 saturated heterocycles. The van der Waals surface area contributed by atoms with Crippen molar-refractivity contribution < 1.29 is 55.1 Å². The molecular weight excluding hydrogens is 1260 g/mol. The van der Waals surface area contributed by atoms with Crippen LogP contribution in [0.3, 0.4) is 0 Å². The van der Waals surface area contributed by atoms with Crippen LogP contribution in [0.5, 0.6) is 5.75 Å². The fourth-order valence-electron chi connectivity index (χ4n) is 8.74. The van der Waals surface area contributed by atoms with Crippen LogP contribution in [0.15, 0.2) is 48.6 Å². The zero-order valence-electron chi connectivity index (χ0n) is 67.2. The van der Waals surface area contributed by atoms with E-state index in [4.69, 9.17) is 45.5 Å². The summed E-state index contributed by atoms with van der Waals surface area (Å²) in [5.74, 6) is 0.831. The number of ether oxygens (including phenoxy) is 4. The number of hydrogen-bond acceptors (Lipinski definition) is 12. The lowest BCUT2D eigenvalue weighted by Crippen LogP contribution is -2.50. The van der Waals surface area contributed by atoms with Crippen LogP contribution in [0.25, 0.3) is 0 Å². The number of carbonyl (C=O) groups excluding carboxylic acids is 2. The first-order chi connectivity index (χ1) is 41.4. The predicted molar refractivity (Wildman–Crippen MR) is 409 cm³/mol. The van der Waals surface area contributed by atoms with Crippen LogP contribution in [-0.4, -0.2) is 135 Å². The first kappa shape index (κ1) is 89.3. The van der Waals surface area contributed by atoms with Gasteiger partial charge in [-0.1, -0.05) is 161 Å². The van der Waals surface area contributed by atoms with E-state index in [-0.39, 0.29) is 73.4 Å². The minimum Gasteiger partial charge on any atom is -0.497 e. The Morgan fingerprint density at radius 1 is 0.419 bits per heavy atom. The summed E-state index contributed by atoms with van der Waals surface area (Å²) in [4.78, 5) is 28.2. The maximum atomic E-state index is 13.6. The van der Waals surface area contributed by atoms with Gasteiger partial charge in [-0.2, -0.15) is 0 Å². The van der Waals surface area contributed by atoms with E-state index >= 15 is 0 Å². The van der Waals surface area contributed by atoms with E-state index in [2.05, 4.69) is 240 Å². The molecule has 13 nitrogen and oxygen atoms in total. The number of nitrogens with zero attached hydrogens (tertiary/aromatic N) is 1. The van der Waals surface area contributed by atoms with Crippen LogP contribution in [-0.2, 0) is 47.4 Å². The van der Waals surface area contributed by atoms with Gasteiger partial charge in [0.25, 0.3) is 0 Å². The van der Waals surface area contributed by atoms with Crippen molar-refractivity contribution in [1.29, 1.82) is 0 Å². The van der Waals surface area contributed by atoms with Gasteiger partial charge in [-0.25, -0.2) is 14.5 Å². The molecule has 0 aromatic heterocycles. The summed E-state index contributed by atoms with van der Waals surface area (Å²) in [6.07, 6.45) is 11.9. The highest BCUT2D eigenvalue weighted by molar-refractivity contribution is 6.76. The topological polar surface area (TPSA) is 130 Å². The molecule has 0 aliphatic heterocycles. The van der Waals surface area contributed by atoms with Crippen LogP contribution in [0.4, 0.5) is 9.59 Å². The molecule has 1 rings (SSSR count). The number of benzene rings is 1. The second-order valence-corrected chi connectivity index (χ2v) is 66.4. The standard InChI is InChI=1S/C74H147NO12Si6/c1-67(2,3)80-65(76)75(66(77)81-68(4,5)6)51-40-45-60(83-89(28,29)70(10,11)12)42-38-41-59(82-88(26,27)69(7,8)9)43-39-44-61(84-90(30,31)71(13,14)15)53-63(86-92(34,35)73(19,20)21)55-64(87-93(36,37)74(22,23)24)54-62(85-91(32,33)72(16,17)18)50-52-79-56-57-46-48-58(78-25)49-47-57/h38-39,41,44,46-49,59-64H,40,42-43,45,50-56H2,1-37H3/b41-38+,44-39+/t59-,60+,61-,62-,63+,64+/m1/s1. The van der Waals surface area contributed by atoms with E-state index < -0.39 is 73.3 Å². The van der Waals surface area contributed by atoms with E-state index in [1.807, 2.05) is 12.1 Å². The smallest absolute Gasteiger partial charge is 0.419 e. The Hall–Kier alpha value is -1.74. The second kappa shape index (κ2) is 34.6. The van der Waals surface area contributed by atoms with Gasteiger partial charge in [0.15, 0.2) is 49.9 Å². The van der Waals surface area contributed by atoms with E-state index in [9.17, 15) is 9.59 Å². The van der Waals surface area contributed by atoms with Gasteiger partial charge in [0.2, 0.25) is 0 Å². The molecule has 0 bridgehead atoms. The molecule has 0 unspecified atom stereocenters. The zero-order valence-corrected chi connectivity index (χ0v) is 73.2. The van der Waals surface area contributed by atoms with Crippen LogP contribution in [0, 0.1) is 0 Å². The highest BCUT2D eigenvalue weighted by Crippen LogP contribution is 2.45. The molecule has 1 aromatic carbocycles. The highest BCUT2D eigenvalue weighted by Gasteiger charge is 2.47. The lowest BCUT2D eigenvalue weighted by Gasteiger charge is -2.45. The summed E-state index contributed by atoms with van der Waals surface area (Å²) in [5.41, 5.74) is -0.476. The summed E-state index contributed by atoms with van der Waals surface area (Å²) in [6.45, 7) is 81.8. The summed E-state index contributed by atoms with van der Waals surface area (Å²) >= 11 is 0. The molecule has 2 amide bonds. The van der Waals surface area contributed by atoms with Crippen LogP contribution in [0.1, 0.15) is 223 Å². The fourth-order valence-corrected chi connectivity index (χ4v) is 16.9. The second-order valence-electron chi connectivity index (χ2n) is 37.8. The summed E-state index contributed by atoms with van der Waals surface area (Å²) in [5, 5.41) is -0.187. The maximum absolute atomic E-state index is 13.6. The molecule has 6 atom stereocenters. The largest absolute Gasteiger partial charge is 0.497 e. The molecule has 1 aromatic rings. The van der Waals surface area contributed by atoms with Crippen molar-refractivity contribution in [1.82, 2.24) is 4.90 Å². The quantitative estimate of drug-likeness (QED) is 0.0370. The van der Waals surface area contributed by atoms with Crippen molar-refractivity contribution in [2.75, 3.05) is 20.3 Å². The number of amides is 2. The highest BCUT2D eigenvalue weighted by atomic mass is 28.4. The minimum absolute atomic E-state index is 0.00594. The average Bonchev–Trinajstić information content (AvgIpc) is 0.824. The Balaban J connectivity index is 4.16. The predicted octanol–water partition coefficient (Wildman–Crippen LogP) is 23.0. The van der Waals surface area contributed by atoms with Crippen molar-refractivity contribution in [3.05, 3.63) is 54.1 Å². The molecule has 0 radical (unpaired) electrons. The molecule has 0 heterocycles. The first-order valence-corrected chi connectivity index (χ1v) is 52.7. The SMILES string of the molecule is COc1ccc(COCC[C@H](C[C@@H](C[C@H](C[C@@H](/C=C/C[C@@H](/C=C/C[C@@H](CCCN(C(=O)OC(C)(C)C)C(=O)OC(C)(C)C)O[Si](C)(C)C(C)(C)C)O[Si](C)(C)C(C)(C)C)O[Si](C)(C)C(C)(C)C)O[Si](C)(C)C(C)(C)C)O[Si](C)(C)C(C)(C)C)O[Si](C)(C)C(C)(C)C)cc1. The van der Waals surface area contributed by atoms with Gasteiger partial charge >= 0.3 is 12.2 Å². The lowest BCUT2D eigenvalue weighted by molar-refractivity contribution is 0.000487. The Morgan fingerprint density at radius 3 is 1.14 bits per heavy atom. The fraction of sp³-hybridized carbons (Fsp3) is 0.838. The van der Waals surface area contributed by atoms with Gasteiger partial charge in [0.05, 0.1) is 32.0 Å². The molecule has 19 heteroatoms. The summed E-state index contributed by atoms with van der Waals surface area (Å²) < 4.78 is 68.4. The van der Waals surface area contributed by atoms with Gasteiger partial charge in [-0.15, -0.1) is 0 Å². The van der Waals surface area contributed by atoms with Crippen LogP contribution < -0.4 is 4.74 Å². The first-order valence-electron chi connectivity index (χ1n) is 35.2. The molecule has 0 saturated carbocycles. The third-order valence-corrected chi connectivity index (χ3v) is 47.9. The van der Waals surface area contributed by atoms with Crippen molar-refractivity contribution in [3.8, 4) is 5.75 Å². The van der Waals surface area contributed by atoms with Gasteiger partial charge in [0.1, 0.15) is 17.0 Å². The molecule has 0 aliphatic rings. The number of methoxy groups -OCH3 is 1. The lowest BCUT2D eigenvalue weighted by atomic mass is 10.00. The number of carbonyl (C=O) groups is 2. The molecule has 0 spiro atoms. The zero-order chi connectivity index (χ0) is 72.9.